The summed E-state index contributed by atoms with van der Waals surface area (Å²) in [5.41, 5.74) is 3.38. The number of aryl methyl sites for hydroxylation is 3. The topological polar surface area (TPSA) is 88.2 Å². The molecule has 0 saturated carbocycles. The van der Waals surface area contributed by atoms with Crippen LogP contribution in [0.25, 0.3) is 0 Å². The summed E-state index contributed by atoms with van der Waals surface area (Å²) in [7, 11) is -1.80. The summed E-state index contributed by atoms with van der Waals surface area (Å²) in [4.78, 5) is 15.0. The van der Waals surface area contributed by atoms with E-state index in [0.717, 1.165) is 16.9 Å². The highest BCUT2D eigenvalue weighted by molar-refractivity contribution is 7.89. The van der Waals surface area contributed by atoms with Crippen molar-refractivity contribution in [3.05, 3.63) is 53.1 Å². The van der Waals surface area contributed by atoms with Gasteiger partial charge in [-0.15, -0.1) is 0 Å². The summed E-state index contributed by atoms with van der Waals surface area (Å²) in [6.07, 6.45) is 0. The SMILES string of the molecule is Cc1cc(C)cc(OCCN(C)[C@H](C)C(=O)Nc2ccc(C)c(S(=O)(=O)N3CCOCC3)c2)c1. The molecule has 0 unspecified atom stereocenters. The Kier molecular flexibility index (Phi) is 8.70. The largest absolute Gasteiger partial charge is 0.492 e. The lowest BCUT2D eigenvalue weighted by Crippen LogP contribution is -2.41. The number of carbonyl (C=O) groups excluding carboxylic acids is 1. The maximum absolute atomic E-state index is 13.1. The molecular formula is C25H35N3O5S. The predicted octanol–water partition coefficient (Wildman–Crippen LogP) is 2.97. The standard InChI is InChI=1S/C25H35N3O5S/c1-18-14-19(2)16-23(15-18)33-13-8-27(5)21(4)25(29)26-22-7-6-20(3)24(17-22)34(30,31)28-9-11-32-12-10-28/h6-7,14-17,21H,8-13H2,1-5H3,(H,26,29)/t21-/m1/s1. The molecule has 0 spiro atoms. The van der Waals surface area contributed by atoms with E-state index in [-0.39, 0.29) is 10.8 Å². The molecule has 0 radical (unpaired) electrons. The second-order valence-corrected chi connectivity index (χ2v) is 10.7. The fourth-order valence-corrected chi connectivity index (χ4v) is 5.50. The van der Waals surface area contributed by atoms with Crippen LogP contribution in [0.5, 0.6) is 5.75 Å². The monoisotopic (exact) mass is 489 g/mol. The Hall–Kier alpha value is -2.46. The van der Waals surface area contributed by atoms with Crippen molar-refractivity contribution in [1.29, 1.82) is 0 Å². The van der Waals surface area contributed by atoms with Crippen molar-refractivity contribution in [3.8, 4) is 5.75 Å². The lowest BCUT2D eigenvalue weighted by Gasteiger charge is -2.27. The number of hydrogen-bond acceptors (Lipinski definition) is 6. The van der Waals surface area contributed by atoms with Gasteiger partial charge < -0.3 is 14.8 Å². The number of rotatable bonds is 9. The Bertz CT molecular complexity index is 1090. The Morgan fingerprint density at radius 1 is 1.12 bits per heavy atom. The number of likely N-dealkylation sites (N-methyl/N-ethyl adjacent to an activating group) is 1. The van der Waals surface area contributed by atoms with Gasteiger partial charge in [-0.2, -0.15) is 4.31 Å². The van der Waals surface area contributed by atoms with Crippen molar-refractivity contribution in [1.82, 2.24) is 9.21 Å². The Labute approximate surface area is 202 Å². The summed E-state index contributed by atoms with van der Waals surface area (Å²) in [6, 6.07) is 10.6. The third-order valence-electron chi connectivity index (χ3n) is 5.99. The Morgan fingerprint density at radius 3 is 2.41 bits per heavy atom. The van der Waals surface area contributed by atoms with Crippen molar-refractivity contribution in [2.75, 3.05) is 51.8 Å². The molecule has 1 amide bonds. The molecule has 2 aromatic rings. The maximum atomic E-state index is 13.1. The average molecular weight is 490 g/mol. The van der Waals surface area contributed by atoms with Gasteiger partial charge in [0.2, 0.25) is 15.9 Å². The Morgan fingerprint density at radius 2 is 1.76 bits per heavy atom. The highest BCUT2D eigenvalue weighted by atomic mass is 32.2. The number of morpholine rings is 1. The molecule has 3 rings (SSSR count). The minimum absolute atomic E-state index is 0.204. The molecule has 0 aliphatic carbocycles. The molecule has 2 aromatic carbocycles. The molecule has 1 fully saturated rings. The van der Waals surface area contributed by atoms with E-state index in [1.54, 1.807) is 19.1 Å². The first kappa shape index (κ1) is 26.2. The van der Waals surface area contributed by atoms with Crippen LogP contribution in [0.3, 0.4) is 0 Å². The van der Waals surface area contributed by atoms with Crippen molar-refractivity contribution in [3.63, 3.8) is 0 Å². The van der Waals surface area contributed by atoms with Gasteiger partial charge in [-0.05, 0) is 75.7 Å². The number of benzene rings is 2. The van der Waals surface area contributed by atoms with Crippen LogP contribution >= 0.6 is 0 Å². The van der Waals surface area contributed by atoms with Gasteiger partial charge in [-0.25, -0.2) is 8.42 Å². The fourth-order valence-electron chi connectivity index (χ4n) is 3.85. The van der Waals surface area contributed by atoms with Gasteiger partial charge in [0.05, 0.1) is 24.2 Å². The van der Waals surface area contributed by atoms with Gasteiger partial charge in [0, 0.05) is 25.3 Å². The van der Waals surface area contributed by atoms with E-state index in [1.807, 2.05) is 44.9 Å². The second-order valence-electron chi connectivity index (χ2n) is 8.81. The molecule has 1 aliphatic heterocycles. The molecule has 0 aromatic heterocycles. The summed E-state index contributed by atoms with van der Waals surface area (Å²) < 4.78 is 38.8. The first-order chi connectivity index (χ1) is 16.1. The number of hydrogen-bond donors (Lipinski definition) is 1. The zero-order chi connectivity index (χ0) is 24.9. The van der Waals surface area contributed by atoms with Crippen molar-refractivity contribution < 1.29 is 22.7 Å². The van der Waals surface area contributed by atoms with Crippen molar-refractivity contribution in [2.24, 2.45) is 0 Å². The molecule has 1 N–H and O–H groups in total. The fraction of sp³-hybridized carbons (Fsp3) is 0.480. The second kappa shape index (κ2) is 11.3. The number of carbonyl (C=O) groups is 1. The highest BCUT2D eigenvalue weighted by Crippen LogP contribution is 2.24. The molecular weight excluding hydrogens is 454 g/mol. The summed E-state index contributed by atoms with van der Waals surface area (Å²) >= 11 is 0. The van der Waals surface area contributed by atoms with Crippen LogP contribution in [-0.4, -0.2) is 76.1 Å². The predicted molar refractivity (Wildman–Crippen MR) is 133 cm³/mol. The molecule has 1 aliphatic rings. The van der Waals surface area contributed by atoms with E-state index < -0.39 is 16.1 Å². The molecule has 8 nitrogen and oxygen atoms in total. The first-order valence-corrected chi connectivity index (χ1v) is 12.9. The number of nitrogens with zero attached hydrogens (tertiary/aromatic N) is 2. The maximum Gasteiger partial charge on any atom is 0.243 e. The summed E-state index contributed by atoms with van der Waals surface area (Å²) in [5, 5.41) is 2.86. The smallest absolute Gasteiger partial charge is 0.243 e. The molecule has 9 heteroatoms. The van der Waals surface area contributed by atoms with Crippen LogP contribution in [0.4, 0.5) is 5.69 Å². The van der Waals surface area contributed by atoms with Crippen molar-refractivity contribution in [2.45, 2.75) is 38.6 Å². The van der Waals surface area contributed by atoms with E-state index in [4.69, 9.17) is 9.47 Å². The first-order valence-electron chi connectivity index (χ1n) is 11.5. The van der Waals surface area contributed by atoms with Crippen LogP contribution in [0.2, 0.25) is 0 Å². The van der Waals surface area contributed by atoms with E-state index in [9.17, 15) is 13.2 Å². The Balaban J connectivity index is 1.60. The minimum Gasteiger partial charge on any atom is -0.492 e. The lowest BCUT2D eigenvalue weighted by atomic mass is 10.1. The van der Waals surface area contributed by atoms with Crippen LogP contribution < -0.4 is 10.1 Å². The average Bonchev–Trinajstić information content (AvgIpc) is 2.79. The van der Waals surface area contributed by atoms with E-state index in [0.29, 0.717) is 50.7 Å². The van der Waals surface area contributed by atoms with Crippen LogP contribution in [0, 0.1) is 20.8 Å². The van der Waals surface area contributed by atoms with Crippen molar-refractivity contribution >= 4 is 21.6 Å². The molecule has 1 heterocycles. The van der Waals surface area contributed by atoms with Crippen LogP contribution in [0.15, 0.2) is 41.3 Å². The lowest BCUT2D eigenvalue weighted by molar-refractivity contribution is -0.120. The number of sulfonamides is 1. The normalized spacial score (nSPS) is 15.8. The van der Waals surface area contributed by atoms with E-state index >= 15 is 0 Å². The van der Waals surface area contributed by atoms with Gasteiger partial charge >= 0.3 is 0 Å². The third kappa shape index (κ3) is 6.56. The zero-order valence-electron chi connectivity index (χ0n) is 20.6. The number of ether oxygens (including phenoxy) is 2. The van der Waals surface area contributed by atoms with Gasteiger partial charge in [0.25, 0.3) is 0 Å². The molecule has 1 saturated heterocycles. The number of amides is 1. The quantitative estimate of drug-likeness (QED) is 0.583. The van der Waals surface area contributed by atoms with Crippen LogP contribution in [0.1, 0.15) is 23.6 Å². The number of anilines is 1. The number of nitrogens with one attached hydrogen (secondary N) is 1. The molecule has 186 valence electrons. The summed E-state index contributed by atoms with van der Waals surface area (Å²) in [6.45, 7) is 10.0. The van der Waals surface area contributed by atoms with Gasteiger partial charge in [-0.1, -0.05) is 12.1 Å². The molecule has 0 bridgehead atoms. The minimum atomic E-state index is -3.66. The summed E-state index contributed by atoms with van der Waals surface area (Å²) in [5.74, 6) is 0.601. The highest BCUT2D eigenvalue weighted by Gasteiger charge is 2.28. The zero-order valence-corrected chi connectivity index (χ0v) is 21.4. The third-order valence-corrected chi connectivity index (χ3v) is 8.03. The van der Waals surface area contributed by atoms with Crippen LogP contribution in [-0.2, 0) is 19.6 Å². The van der Waals surface area contributed by atoms with Gasteiger partial charge in [0.1, 0.15) is 12.4 Å². The van der Waals surface area contributed by atoms with E-state index in [2.05, 4.69) is 11.4 Å². The molecule has 1 atom stereocenters. The van der Waals surface area contributed by atoms with Gasteiger partial charge in [0.15, 0.2) is 0 Å². The molecule has 34 heavy (non-hydrogen) atoms. The van der Waals surface area contributed by atoms with E-state index in [1.165, 1.54) is 10.4 Å². The van der Waals surface area contributed by atoms with Gasteiger partial charge in [-0.3, -0.25) is 9.69 Å².